The third-order valence-electron chi connectivity index (χ3n) is 2.63. The van der Waals surface area contributed by atoms with Crippen LogP contribution in [0.3, 0.4) is 0 Å². The van der Waals surface area contributed by atoms with Gasteiger partial charge in [0.1, 0.15) is 18.5 Å². The zero-order valence-corrected chi connectivity index (χ0v) is 14.4. The van der Waals surface area contributed by atoms with E-state index in [2.05, 4.69) is 26.6 Å². The van der Waals surface area contributed by atoms with Crippen molar-refractivity contribution in [2.75, 3.05) is 26.7 Å². The number of benzene rings is 1. The molecular weight excluding hydrogens is 360 g/mol. The smallest absolute Gasteiger partial charge is 0.220 e. The fraction of sp³-hybridized carbons (Fsp3) is 0.500. The molecule has 0 saturated carbocycles. The van der Waals surface area contributed by atoms with E-state index in [1.807, 2.05) is 31.3 Å². The number of hydrogen-bond acceptors (Lipinski definition) is 4. The van der Waals surface area contributed by atoms with Gasteiger partial charge in [-0.1, -0.05) is 12.1 Å². The lowest BCUT2D eigenvalue weighted by Crippen LogP contribution is -2.35. The van der Waals surface area contributed by atoms with Crippen LogP contribution >= 0.6 is 28.3 Å². The fourth-order valence-corrected chi connectivity index (χ4v) is 1.95. The molecule has 0 bridgehead atoms. The Kier molecular flexibility index (Phi) is 11.3. The third kappa shape index (κ3) is 8.93. The standard InChI is InChI=1S/C14H21BrN2O3.ClH/c1-16-8-4-7-14(19)17-9-11(18)10-20-13-6-3-2-5-12(13)15;/h2-3,5-6,11,16,18H,4,7-10H2,1H3,(H,17,19);1H. The van der Waals surface area contributed by atoms with Crippen LogP contribution in [-0.2, 0) is 4.79 Å². The lowest BCUT2D eigenvalue weighted by Gasteiger charge is -2.14. The molecular formula is C14H22BrClN2O3. The van der Waals surface area contributed by atoms with Gasteiger partial charge in [-0.05, 0) is 48.1 Å². The average Bonchev–Trinajstić information content (AvgIpc) is 2.44. The highest BCUT2D eigenvalue weighted by Gasteiger charge is 2.09. The normalized spacial score (nSPS) is 11.4. The first kappa shape index (κ1) is 20.2. The van der Waals surface area contributed by atoms with Gasteiger partial charge in [0.2, 0.25) is 5.91 Å². The van der Waals surface area contributed by atoms with Crippen molar-refractivity contribution in [1.29, 1.82) is 0 Å². The number of nitrogens with one attached hydrogen (secondary N) is 2. The highest BCUT2D eigenvalue weighted by atomic mass is 79.9. The molecule has 1 aromatic carbocycles. The van der Waals surface area contributed by atoms with Crippen molar-refractivity contribution < 1.29 is 14.6 Å². The molecule has 0 fully saturated rings. The largest absolute Gasteiger partial charge is 0.490 e. The van der Waals surface area contributed by atoms with E-state index in [1.165, 1.54) is 0 Å². The van der Waals surface area contributed by atoms with Gasteiger partial charge in [0.25, 0.3) is 0 Å². The molecule has 120 valence electrons. The molecule has 0 radical (unpaired) electrons. The molecule has 3 N–H and O–H groups in total. The highest BCUT2D eigenvalue weighted by molar-refractivity contribution is 9.10. The van der Waals surface area contributed by atoms with Crippen molar-refractivity contribution in [2.24, 2.45) is 0 Å². The maximum atomic E-state index is 11.5. The molecule has 1 aromatic rings. The Labute approximate surface area is 140 Å². The van der Waals surface area contributed by atoms with Gasteiger partial charge in [-0.3, -0.25) is 4.79 Å². The molecule has 0 aliphatic heterocycles. The molecule has 0 aliphatic rings. The van der Waals surface area contributed by atoms with Gasteiger partial charge in [-0.15, -0.1) is 12.4 Å². The molecule has 1 rings (SSSR count). The Hall–Kier alpha value is -0.820. The molecule has 0 saturated heterocycles. The van der Waals surface area contributed by atoms with Crippen LogP contribution in [0.1, 0.15) is 12.8 Å². The van der Waals surface area contributed by atoms with Crippen LogP contribution < -0.4 is 15.4 Å². The lowest BCUT2D eigenvalue weighted by atomic mass is 10.3. The molecule has 1 amide bonds. The van der Waals surface area contributed by atoms with E-state index in [4.69, 9.17) is 4.74 Å². The number of aliphatic hydroxyl groups is 1. The first-order chi connectivity index (χ1) is 9.63. The maximum Gasteiger partial charge on any atom is 0.220 e. The van der Waals surface area contributed by atoms with Crippen molar-refractivity contribution in [3.63, 3.8) is 0 Å². The van der Waals surface area contributed by atoms with Gasteiger partial charge < -0.3 is 20.5 Å². The van der Waals surface area contributed by atoms with Crippen LogP contribution in [0.25, 0.3) is 0 Å². The van der Waals surface area contributed by atoms with E-state index in [0.29, 0.717) is 12.2 Å². The summed E-state index contributed by atoms with van der Waals surface area (Å²) in [5, 5.41) is 15.4. The van der Waals surface area contributed by atoms with Crippen molar-refractivity contribution in [1.82, 2.24) is 10.6 Å². The van der Waals surface area contributed by atoms with E-state index < -0.39 is 6.10 Å². The Bertz CT molecular complexity index is 421. The molecule has 0 aliphatic carbocycles. The zero-order valence-electron chi connectivity index (χ0n) is 12.0. The second-order valence-electron chi connectivity index (χ2n) is 4.41. The number of ether oxygens (including phenoxy) is 1. The summed E-state index contributed by atoms with van der Waals surface area (Å²) in [6, 6.07) is 7.42. The van der Waals surface area contributed by atoms with Gasteiger partial charge in [0, 0.05) is 13.0 Å². The van der Waals surface area contributed by atoms with Crippen molar-refractivity contribution >= 4 is 34.2 Å². The SMILES string of the molecule is CNCCCC(=O)NCC(O)COc1ccccc1Br.Cl. The number of carbonyl (C=O) groups is 1. The van der Waals surface area contributed by atoms with Gasteiger partial charge in [0.15, 0.2) is 0 Å². The molecule has 7 heteroatoms. The fourth-order valence-electron chi connectivity index (χ4n) is 1.55. The third-order valence-corrected chi connectivity index (χ3v) is 3.29. The Morgan fingerprint density at radius 3 is 2.81 bits per heavy atom. The summed E-state index contributed by atoms with van der Waals surface area (Å²) < 4.78 is 6.31. The lowest BCUT2D eigenvalue weighted by molar-refractivity contribution is -0.121. The monoisotopic (exact) mass is 380 g/mol. The summed E-state index contributed by atoms with van der Waals surface area (Å²) in [4.78, 5) is 11.5. The van der Waals surface area contributed by atoms with Crippen LogP contribution in [0, 0.1) is 0 Å². The second-order valence-corrected chi connectivity index (χ2v) is 5.26. The summed E-state index contributed by atoms with van der Waals surface area (Å²) in [6.45, 7) is 1.14. The average molecular weight is 382 g/mol. The number of amides is 1. The number of carbonyl (C=O) groups excluding carboxylic acids is 1. The minimum atomic E-state index is -0.727. The quantitative estimate of drug-likeness (QED) is 0.570. The molecule has 0 heterocycles. The Morgan fingerprint density at radius 2 is 2.14 bits per heavy atom. The summed E-state index contributed by atoms with van der Waals surface area (Å²) in [6.07, 6.45) is 0.514. The van der Waals surface area contributed by atoms with Gasteiger partial charge in [-0.25, -0.2) is 0 Å². The summed E-state index contributed by atoms with van der Waals surface area (Å²) in [7, 11) is 1.85. The first-order valence-electron chi connectivity index (χ1n) is 6.60. The number of hydrogen-bond donors (Lipinski definition) is 3. The topological polar surface area (TPSA) is 70.6 Å². The predicted molar refractivity (Wildman–Crippen MR) is 89.1 cm³/mol. The van der Waals surface area contributed by atoms with Crippen LogP contribution in [0.4, 0.5) is 0 Å². The number of rotatable bonds is 9. The highest BCUT2D eigenvalue weighted by Crippen LogP contribution is 2.23. The zero-order chi connectivity index (χ0) is 14.8. The summed E-state index contributed by atoms with van der Waals surface area (Å²) in [5.41, 5.74) is 0. The molecule has 1 unspecified atom stereocenters. The minimum Gasteiger partial charge on any atom is -0.490 e. The Balaban J connectivity index is 0.00000400. The minimum absolute atomic E-state index is 0. The predicted octanol–water partition coefficient (Wildman–Crippen LogP) is 1.73. The van der Waals surface area contributed by atoms with E-state index in [9.17, 15) is 9.90 Å². The van der Waals surface area contributed by atoms with Gasteiger partial charge in [-0.2, -0.15) is 0 Å². The van der Waals surface area contributed by atoms with Crippen molar-refractivity contribution in [3.8, 4) is 5.75 Å². The van der Waals surface area contributed by atoms with Crippen LogP contribution in [0.2, 0.25) is 0 Å². The van der Waals surface area contributed by atoms with Crippen molar-refractivity contribution in [2.45, 2.75) is 18.9 Å². The Morgan fingerprint density at radius 1 is 1.43 bits per heavy atom. The second kappa shape index (κ2) is 11.8. The van der Waals surface area contributed by atoms with Gasteiger partial charge in [0.05, 0.1) is 4.47 Å². The van der Waals surface area contributed by atoms with Crippen LogP contribution in [0.5, 0.6) is 5.75 Å². The van der Waals surface area contributed by atoms with Crippen molar-refractivity contribution in [3.05, 3.63) is 28.7 Å². The van der Waals surface area contributed by atoms with Gasteiger partial charge >= 0.3 is 0 Å². The van der Waals surface area contributed by atoms with E-state index in [0.717, 1.165) is 17.4 Å². The number of para-hydroxylation sites is 1. The van der Waals surface area contributed by atoms with Crippen LogP contribution in [0.15, 0.2) is 28.7 Å². The number of halogens is 2. The molecule has 5 nitrogen and oxygen atoms in total. The molecule has 0 aromatic heterocycles. The van der Waals surface area contributed by atoms with Crippen LogP contribution in [-0.4, -0.2) is 43.9 Å². The maximum absolute atomic E-state index is 11.5. The summed E-state index contributed by atoms with van der Waals surface area (Å²) >= 11 is 3.36. The molecule has 0 spiro atoms. The number of aliphatic hydroxyl groups excluding tert-OH is 1. The first-order valence-corrected chi connectivity index (χ1v) is 7.39. The summed E-state index contributed by atoms with van der Waals surface area (Å²) in [5.74, 6) is 0.618. The van der Waals surface area contributed by atoms with E-state index in [-0.39, 0.29) is 31.5 Å². The van der Waals surface area contributed by atoms with E-state index in [1.54, 1.807) is 0 Å². The molecule has 21 heavy (non-hydrogen) atoms. The molecule has 1 atom stereocenters. The van der Waals surface area contributed by atoms with E-state index >= 15 is 0 Å².